The van der Waals surface area contributed by atoms with Crippen molar-refractivity contribution in [2.24, 2.45) is 0 Å². The van der Waals surface area contributed by atoms with Crippen molar-refractivity contribution in [1.29, 1.82) is 0 Å². The smallest absolute Gasteiger partial charge is 0.419 e. The zero-order valence-corrected chi connectivity index (χ0v) is 31.4. The lowest BCUT2D eigenvalue weighted by molar-refractivity contribution is -0.155. The Bertz CT molecular complexity index is 1890. The van der Waals surface area contributed by atoms with Gasteiger partial charge in [-0.2, -0.15) is 0 Å². The van der Waals surface area contributed by atoms with Crippen molar-refractivity contribution in [2.45, 2.75) is 105 Å². The fourth-order valence-electron chi connectivity index (χ4n) is 5.71. The molecule has 1 aromatic heterocycles. The summed E-state index contributed by atoms with van der Waals surface area (Å²) in [6, 6.07) is 17.7. The van der Waals surface area contributed by atoms with Crippen LogP contribution in [0.3, 0.4) is 0 Å². The maximum absolute atomic E-state index is 14.8. The first-order valence-electron chi connectivity index (χ1n) is 17.1. The maximum Gasteiger partial charge on any atom is 0.419 e. The van der Waals surface area contributed by atoms with E-state index in [4.69, 9.17) is 18.9 Å². The lowest BCUT2D eigenvalue weighted by Gasteiger charge is -2.30. The van der Waals surface area contributed by atoms with Crippen LogP contribution >= 0.6 is 0 Å². The number of carbonyl (C=O) groups excluding carboxylic acids is 4. The van der Waals surface area contributed by atoms with Crippen molar-refractivity contribution in [3.05, 3.63) is 78.0 Å². The third-order valence-electron chi connectivity index (χ3n) is 7.68. The lowest BCUT2D eigenvalue weighted by atomic mass is 10.0. The predicted molar refractivity (Wildman–Crippen MR) is 197 cm³/mol. The number of nitrogens with zero attached hydrogens (tertiary/aromatic N) is 2. The van der Waals surface area contributed by atoms with Gasteiger partial charge in [-0.25, -0.2) is 9.59 Å². The summed E-state index contributed by atoms with van der Waals surface area (Å²) in [6.07, 6.45) is 0.188. The number of benzene rings is 3. The molecule has 1 heterocycles. The Morgan fingerprint density at radius 1 is 0.765 bits per heavy atom. The van der Waals surface area contributed by atoms with Gasteiger partial charge in [0, 0.05) is 36.7 Å². The van der Waals surface area contributed by atoms with Gasteiger partial charge in [-0.15, -0.1) is 0 Å². The number of ether oxygens (including phenoxy) is 4. The highest BCUT2D eigenvalue weighted by Gasteiger charge is 2.32. The number of aromatic nitrogens is 1. The maximum atomic E-state index is 14.8. The zero-order chi connectivity index (χ0) is 37.7. The van der Waals surface area contributed by atoms with Crippen molar-refractivity contribution in [1.82, 2.24) is 14.8 Å². The highest BCUT2D eigenvalue weighted by atomic mass is 16.6. The fraction of sp³-hybridized carbons (Fsp3) is 0.450. The minimum absolute atomic E-state index is 0.00397. The second-order valence-electron chi connectivity index (χ2n) is 15.5. The Morgan fingerprint density at radius 2 is 1.37 bits per heavy atom. The van der Waals surface area contributed by atoms with Crippen LogP contribution in [0.15, 0.2) is 66.9 Å². The Labute approximate surface area is 300 Å². The minimum Gasteiger partial charge on any atom is -0.496 e. The van der Waals surface area contributed by atoms with Crippen LogP contribution in [0.25, 0.3) is 21.7 Å². The molecule has 0 radical (unpaired) electrons. The predicted octanol–water partition coefficient (Wildman–Crippen LogP) is 7.78. The van der Waals surface area contributed by atoms with Gasteiger partial charge in [-0.1, -0.05) is 48.5 Å². The first-order valence-corrected chi connectivity index (χ1v) is 17.1. The molecule has 1 unspecified atom stereocenters. The van der Waals surface area contributed by atoms with Crippen molar-refractivity contribution in [3.63, 3.8) is 0 Å². The van der Waals surface area contributed by atoms with Crippen LogP contribution in [0.2, 0.25) is 0 Å². The van der Waals surface area contributed by atoms with Crippen LogP contribution < -0.4 is 10.1 Å². The van der Waals surface area contributed by atoms with Crippen molar-refractivity contribution in [2.75, 3.05) is 13.7 Å². The largest absolute Gasteiger partial charge is 0.496 e. The molecule has 4 aromatic rings. The summed E-state index contributed by atoms with van der Waals surface area (Å²) in [5, 5.41) is 5.34. The first-order chi connectivity index (χ1) is 23.7. The van der Waals surface area contributed by atoms with Crippen LogP contribution in [0.4, 0.5) is 9.59 Å². The van der Waals surface area contributed by atoms with E-state index >= 15 is 0 Å². The molecule has 0 aliphatic heterocycles. The molecular formula is C40H51N3O8. The van der Waals surface area contributed by atoms with E-state index in [1.54, 1.807) is 81.7 Å². The number of hydrogen-bond acceptors (Lipinski definition) is 8. The first kappa shape index (κ1) is 38.7. The summed E-state index contributed by atoms with van der Waals surface area (Å²) in [5.74, 6) is -0.364. The number of hydrogen-bond donors (Lipinski definition) is 1. The highest BCUT2D eigenvalue weighted by molar-refractivity contribution is 5.94. The number of esters is 1. The van der Waals surface area contributed by atoms with E-state index in [0.29, 0.717) is 22.2 Å². The van der Waals surface area contributed by atoms with Gasteiger partial charge in [0.25, 0.3) is 0 Å². The molecule has 11 nitrogen and oxygen atoms in total. The fourth-order valence-corrected chi connectivity index (χ4v) is 5.71. The molecule has 0 aliphatic rings. The molecule has 4 rings (SSSR count). The van der Waals surface area contributed by atoms with Gasteiger partial charge in [0.15, 0.2) is 0 Å². The highest BCUT2D eigenvalue weighted by Crippen LogP contribution is 2.30. The molecule has 1 N–H and O–H groups in total. The summed E-state index contributed by atoms with van der Waals surface area (Å²) in [4.78, 5) is 55.9. The molecule has 11 heteroatoms. The van der Waals surface area contributed by atoms with Gasteiger partial charge in [-0.05, 0) is 90.8 Å². The quantitative estimate of drug-likeness (QED) is 0.131. The van der Waals surface area contributed by atoms with Crippen LogP contribution in [0.1, 0.15) is 79.9 Å². The molecular weight excluding hydrogens is 650 g/mol. The van der Waals surface area contributed by atoms with Crippen LogP contribution in [-0.4, -0.2) is 70.0 Å². The normalized spacial score (nSPS) is 12.7. The molecule has 0 bridgehead atoms. The van der Waals surface area contributed by atoms with E-state index < -0.39 is 46.9 Å². The van der Waals surface area contributed by atoms with E-state index in [9.17, 15) is 19.2 Å². The number of para-hydroxylation sites is 1. The third-order valence-corrected chi connectivity index (χ3v) is 7.68. The second kappa shape index (κ2) is 15.4. The number of carbonyl (C=O) groups is 4. The summed E-state index contributed by atoms with van der Waals surface area (Å²) in [5.41, 5.74) is -0.333. The number of rotatable bonds is 10. The number of fused-ring (bicyclic) bond motifs is 2. The van der Waals surface area contributed by atoms with Crippen molar-refractivity contribution in [3.8, 4) is 5.75 Å². The van der Waals surface area contributed by atoms with E-state index in [0.717, 1.165) is 16.3 Å². The second-order valence-corrected chi connectivity index (χ2v) is 15.5. The molecule has 51 heavy (non-hydrogen) atoms. The van der Waals surface area contributed by atoms with Gasteiger partial charge in [0.05, 0.1) is 19.0 Å². The van der Waals surface area contributed by atoms with Crippen molar-refractivity contribution >= 4 is 45.7 Å². The minimum atomic E-state index is -1.16. The number of amides is 2. The number of alkyl carbamates (subject to hydrolysis) is 1. The summed E-state index contributed by atoms with van der Waals surface area (Å²) < 4.78 is 24.0. The van der Waals surface area contributed by atoms with Gasteiger partial charge < -0.3 is 29.2 Å². The molecule has 0 saturated heterocycles. The number of methoxy groups -OCH3 is 1. The number of nitrogens with one attached hydrogen (secondary N) is 1. The molecule has 274 valence electrons. The topological polar surface area (TPSA) is 125 Å². The average molecular weight is 702 g/mol. The molecule has 3 aromatic carbocycles. The molecule has 0 fully saturated rings. The van der Waals surface area contributed by atoms with E-state index in [-0.39, 0.29) is 25.9 Å². The van der Waals surface area contributed by atoms with Gasteiger partial charge in [0.2, 0.25) is 5.91 Å². The Morgan fingerprint density at radius 3 is 2.00 bits per heavy atom. The summed E-state index contributed by atoms with van der Waals surface area (Å²) in [7, 11) is 1.56. The lowest BCUT2D eigenvalue weighted by Crippen LogP contribution is -2.51. The Balaban J connectivity index is 1.79. The standard InChI is InChI=1S/C40H51N3O8/c1-38(2,3)49-34(44)21-22-42(25-30-28-16-12-11-15-26(28)19-20-33(30)48-10)35(45)31(41-36(46)50-39(4,5)6)23-27-24-43(37(47)51-40(7,8)9)32-18-14-13-17-29(27)32/h11-20,24,31H,21-23,25H2,1-10H3,(H,41,46). The van der Waals surface area contributed by atoms with Crippen molar-refractivity contribution < 1.29 is 38.1 Å². The Kier molecular flexibility index (Phi) is 11.7. The van der Waals surface area contributed by atoms with Crippen LogP contribution in [0.5, 0.6) is 5.75 Å². The molecule has 0 spiro atoms. The zero-order valence-electron chi connectivity index (χ0n) is 31.4. The summed E-state index contributed by atoms with van der Waals surface area (Å²) in [6.45, 7) is 16.0. The molecule has 2 amide bonds. The van der Waals surface area contributed by atoms with Gasteiger partial charge in [0.1, 0.15) is 28.6 Å². The van der Waals surface area contributed by atoms with Crippen LogP contribution in [0, 0.1) is 0 Å². The molecule has 1 atom stereocenters. The Hall–Kier alpha value is -5.06. The molecule has 0 aliphatic carbocycles. The van der Waals surface area contributed by atoms with Crippen LogP contribution in [-0.2, 0) is 36.8 Å². The molecule has 0 saturated carbocycles. The summed E-state index contributed by atoms with van der Waals surface area (Å²) >= 11 is 0. The SMILES string of the molecule is COc1ccc2ccccc2c1CN(CCC(=O)OC(C)(C)C)C(=O)C(Cc1cn(C(=O)OC(C)(C)C)c2ccccc12)NC(=O)OC(C)(C)C. The monoisotopic (exact) mass is 701 g/mol. The third kappa shape index (κ3) is 10.7. The van der Waals surface area contributed by atoms with E-state index in [1.165, 1.54) is 9.47 Å². The average Bonchev–Trinajstić information content (AvgIpc) is 3.38. The van der Waals surface area contributed by atoms with E-state index in [1.807, 2.05) is 54.6 Å². The van der Waals surface area contributed by atoms with E-state index in [2.05, 4.69) is 5.32 Å². The van der Waals surface area contributed by atoms with Gasteiger partial charge in [-0.3, -0.25) is 14.2 Å². The van der Waals surface area contributed by atoms with Gasteiger partial charge >= 0.3 is 18.2 Å².